The van der Waals surface area contributed by atoms with Crippen LogP contribution in [0.3, 0.4) is 0 Å². The molecule has 0 saturated heterocycles. The topological polar surface area (TPSA) is 42.4 Å². The lowest BCUT2D eigenvalue weighted by Gasteiger charge is -2.16. The fraction of sp³-hybridized carbons (Fsp3) is 0.444. The zero-order valence-electron chi connectivity index (χ0n) is 8.64. The van der Waals surface area contributed by atoms with E-state index in [1.165, 1.54) is 0 Å². The van der Waals surface area contributed by atoms with Crippen LogP contribution in [0.2, 0.25) is 0 Å². The van der Waals surface area contributed by atoms with Gasteiger partial charge >= 0.3 is 6.36 Å². The molecule has 0 bridgehead atoms. The summed E-state index contributed by atoms with van der Waals surface area (Å²) in [5.74, 6) is -1.68. The molecule has 0 aliphatic carbocycles. The van der Waals surface area contributed by atoms with Crippen LogP contribution in [0.4, 0.5) is 22.0 Å². The molecule has 1 rings (SSSR count). The number of pyridine rings is 1. The highest BCUT2D eigenvalue weighted by Crippen LogP contribution is 2.34. The molecule has 1 heterocycles. The van der Waals surface area contributed by atoms with Crippen LogP contribution in [-0.2, 0) is 12.5 Å². The van der Waals surface area contributed by atoms with Crippen molar-refractivity contribution < 1.29 is 31.8 Å². The van der Waals surface area contributed by atoms with Crippen LogP contribution in [0.25, 0.3) is 0 Å². The van der Waals surface area contributed by atoms with E-state index < -0.39 is 42.3 Å². The minimum absolute atomic E-state index is 0.296. The SMILES string of the molecule is OCc1cnc(OC(F)(F)F)c(CCl)c1C(F)F. The van der Waals surface area contributed by atoms with Gasteiger partial charge in [0.1, 0.15) is 0 Å². The van der Waals surface area contributed by atoms with Crippen molar-refractivity contribution in [3.63, 3.8) is 0 Å². The summed E-state index contributed by atoms with van der Waals surface area (Å²) in [7, 11) is 0. The van der Waals surface area contributed by atoms with Crippen LogP contribution in [0.1, 0.15) is 23.1 Å². The van der Waals surface area contributed by atoms with Crippen LogP contribution < -0.4 is 4.74 Å². The molecular formula is C9H7ClF5NO2. The summed E-state index contributed by atoms with van der Waals surface area (Å²) < 4.78 is 65.1. The summed E-state index contributed by atoms with van der Waals surface area (Å²) in [4.78, 5) is 3.23. The van der Waals surface area contributed by atoms with Crippen LogP contribution >= 0.6 is 11.6 Å². The van der Waals surface area contributed by atoms with Crippen molar-refractivity contribution in [2.24, 2.45) is 0 Å². The first-order chi connectivity index (χ1) is 8.30. The third-order valence-corrected chi connectivity index (χ3v) is 2.27. The summed E-state index contributed by atoms with van der Waals surface area (Å²) in [5.41, 5.74) is -1.67. The number of aromatic nitrogens is 1. The van der Waals surface area contributed by atoms with Gasteiger partial charge in [0.15, 0.2) is 0 Å². The normalized spacial score (nSPS) is 12.0. The monoisotopic (exact) mass is 291 g/mol. The first kappa shape index (κ1) is 14.9. The molecule has 0 amide bonds. The molecule has 0 aliphatic heterocycles. The van der Waals surface area contributed by atoms with E-state index in [9.17, 15) is 22.0 Å². The zero-order valence-corrected chi connectivity index (χ0v) is 9.40. The Balaban J connectivity index is 3.33. The Hall–Kier alpha value is -1.15. The molecule has 0 atom stereocenters. The number of aliphatic hydroxyl groups excluding tert-OH is 1. The van der Waals surface area contributed by atoms with E-state index in [4.69, 9.17) is 16.7 Å². The second-order valence-corrected chi connectivity index (χ2v) is 3.39. The van der Waals surface area contributed by atoms with Crippen molar-refractivity contribution in [3.05, 3.63) is 22.9 Å². The highest BCUT2D eigenvalue weighted by molar-refractivity contribution is 6.17. The van der Waals surface area contributed by atoms with Crippen molar-refractivity contribution in [2.75, 3.05) is 0 Å². The van der Waals surface area contributed by atoms with Gasteiger partial charge in [0.25, 0.3) is 6.43 Å². The van der Waals surface area contributed by atoms with E-state index >= 15 is 0 Å². The van der Waals surface area contributed by atoms with E-state index in [0.717, 1.165) is 0 Å². The van der Waals surface area contributed by atoms with E-state index in [2.05, 4.69) is 9.72 Å². The minimum atomic E-state index is -5.06. The number of aliphatic hydroxyl groups is 1. The average molecular weight is 292 g/mol. The fourth-order valence-electron chi connectivity index (χ4n) is 1.32. The molecule has 9 heteroatoms. The molecule has 0 saturated carbocycles. The van der Waals surface area contributed by atoms with Crippen molar-refractivity contribution >= 4 is 11.6 Å². The van der Waals surface area contributed by atoms with E-state index in [-0.39, 0.29) is 5.56 Å². The molecule has 102 valence electrons. The minimum Gasteiger partial charge on any atom is -0.392 e. The molecule has 3 nitrogen and oxygen atoms in total. The first-order valence-corrected chi connectivity index (χ1v) is 5.05. The van der Waals surface area contributed by atoms with Gasteiger partial charge in [0.05, 0.1) is 12.5 Å². The lowest BCUT2D eigenvalue weighted by Crippen LogP contribution is -2.20. The molecule has 0 unspecified atom stereocenters. The van der Waals surface area contributed by atoms with Crippen molar-refractivity contribution in [1.82, 2.24) is 4.98 Å². The molecule has 0 aromatic carbocycles. The second-order valence-electron chi connectivity index (χ2n) is 3.12. The molecule has 1 aromatic rings. The Morgan fingerprint density at radius 1 is 1.39 bits per heavy atom. The van der Waals surface area contributed by atoms with E-state index in [0.29, 0.717) is 6.20 Å². The maximum Gasteiger partial charge on any atom is 0.574 e. The maximum atomic E-state index is 12.7. The van der Waals surface area contributed by atoms with Gasteiger partial charge in [-0.25, -0.2) is 13.8 Å². The van der Waals surface area contributed by atoms with Gasteiger partial charge in [-0.2, -0.15) is 0 Å². The number of hydrogen-bond acceptors (Lipinski definition) is 3. The molecule has 1 N–H and O–H groups in total. The summed E-state index contributed by atoms with van der Waals surface area (Å²) in [6.07, 6.45) is -7.47. The summed E-state index contributed by atoms with van der Waals surface area (Å²) in [6.45, 7) is -0.789. The molecule has 0 fully saturated rings. The van der Waals surface area contributed by atoms with Crippen LogP contribution in [-0.4, -0.2) is 16.5 Å². The Labute approximate surface area is 103 Å². The van der Waals surface area contributed by atoms with Crippen LogP contribution in [0.15, 0.2) is 6.20 Å². The quantitative estimate of drug-likeness (QED) is 0.684. The van der Waals surface area contributed by atoms with Crippen molar-refractivity contribution in [3.8, 4) is 5.88 Å². The smallest absolute Gasteiger partial charge is 0.392 e. The van der Waals surface area contributed by atoms with Gasteiger partial charge in [-0.05, 0) is 0 Å². The predicted molar refractivity (Wildman–Crippen MR) is 51.4 cm³/mol. The number of alkyl halides is 6. The Kier molecular flexibility index (Phi) is 4.69. The summed E-state index contributed by atoms with van der Waals surface area (Å²) in [6, 6.07) is 0. The van der Waals surface area contributed by atoms with E-state index in [1.54, 1.807) is 0 Å². The fourth-order valence-corrected chi connectivity index (χ4v) is 1.58. The molecule has 0 radical (unpaired) electrons. The second kappa shape index (κ2) is 5.66. The highest BCUT2D eigenvalue weighted by Gasteiger charge is 2.34. The third kappa shape index (κ3) is 3.42. The Bertz CT molecular complexity index is 424. The Morgan fingerprint density at radius 2 is 2.00 bits per heavy atom. The average Bonchev–Trinajstić information content (AvgIpc) is 2.26. The lowest BCUT2D eigenvalue weighted by molar-refractivity contribution is -0.276. The molecule has 18 heavy (non-hydrogen) atoms. The molecule has 0 spiro atoms. The summed E-state index contributed by atoms with van der Waals surface area (Å²) in [5, 5.41) is 8.83. The zero-order chi connectivity index (χ0) is 13.9. The largest absolute Gasteiger partial charge is 0.574 e. The molecular weight excluding hydrogens is 285 g/mol. The van der Waals surface area contributed by atoms with Gasteiger partial charge < -0.3 is 9.84 Å². The van der Waals surface area contributed by atoms with Crippen molar-refractivity contribution in [1.29, 1.82) is 0 Å². The summed E-state index contributed by atoms with van der Waals surface area (Å²) >= 11 is 5.34. The van der Waals surface area contributed by atoms with Gasteiger partial charge in [0.2, 0.25) is 5.88 Å². The van der Waals surface area contributed by atoms with Crippen molar-refractivity contribution in [2.45, 2.75) is 25.3 Å². The van der Waals surface area contributed by atoms with Crippen LogP contribution in [0, 0.1) is 0 Å². The standard InChI is InChI=1S/C9H7ClF5NO2/c10-1-5-6(7(11)12)4(3-17)2-16-8(5)18-9(13,14)15/h2,7,17H,1,3H2. The van der Waals surface area contributed by atoms with Gasteiger partial charge in [0, 0.05) is 22.9 Å². The maximum absolute atomic E-state index is 12.7. The van der Waals surface area contributed by atoms with Gasteiger partial charge in [-0.1, -0.05) is 0 Å². The molecule has 1 aromatic heterocycles. The predicted octanol–water partition coefficient (Wildman–Crippen LogP) is 3.15. The Morgan fingerprint density at radius 3 is 2.39 bits per heavy atom. The lowest BCUT2D eigenvalue weighted by atomic mass is 10.1. The highest BCUT2D eigenvalue weighted by atomic mass is 35.5. The number of hydrogen-bond donors (Lipinski definition) is 1. The van der Waals surface area contributed by atoms with Gasteiger partial charge in [-0.3, -0.25) is 0 Å². The molecule has 0 aliphatic rings. The van der Waals surface area contributed by atoms with Crippen LogP contribution in [0.5, 0.6) is 5.88 Å². The number of nitrogens with zero attached hydrogens (tertiary/aromatic N) is 1. The number of rotatable bonds is 4. The van der Waals surface area contributed by atoms with Gasteiger partial charge in [-0.15, -0.1) is 24.8 Å². The third-order valence-electron chi connectivity index (χ3n) is 2.00. The first-order valence-electron chi connectivity index (χ1n) is 4.51. The number of ether oxygens (including phenoxy) is 1. The number of halogens is 6. The van der Waals surface area contributed by atoms with E-state index in [1.807, 2.05) is 0 Å².